The molecule has 2 rings (SSSR count). The highest BCUT2D eigenvalue weighted by Crippen LogP contribution is 2.12. The van der Waals surface area contributed by atoms with E-state index in [2.05, 4.69) is 15.8 Å². The van der Waals surface area contributed by atoms with Gasteiger partial charge in [0.05, 0.1) is 13.3 Å². The number of rotatable bonds is 6. The zero-order chi connectivity index (χ0) is 18.2. The molecule has 6 heteroatoms. The third-order valence-electron chi connectivity index (χ3n) is 3.41. The third kappa shape index (κ3) is 5.46. The average Bonchev–Trinajstić information content (AvgIpc) is 2.62. The van der Waals surface area contributed by atoms with Gasteiger partial charge in [0.1, 0.15) is 5.75 Å². The zero-order valence-corrected chi connectivity index (χ0v) is 14.4. The van der Waals surface area contributed by atoms with Crippen LogP contribution >= 0.6 is 0 Å². The van der Waals surface area contributed by atoms with Crippen molar-refractivity contribution in [2.75, 3.05) is 12.4 Å². The minimum atomic E-state index is -0.333. The molecule has 0 unspecified atom stereocenters. The van der Waals surface area contributed by atoms with Crippen molar-refractivity contribution in [2.45, 2.75) is 13.8 Å². The van der Waals surface area contributed by atoms with Crippen LogP contribution in [0.25, 0.3) is 0 Å². The summed E-state index contributed by atoms with van der Waals surface area (Å²) >= 11 is 0. The van der Waals surface area contributed by atoms with Crippen molar-refractivity contribution in [1.29, 1.82) is 0 Å². The molecule has 2 aromatic rings. The van der Waals surface area contributed by atoms with E-state index in [4.69, 9.17) is 4.74 Å². The first-order valence-corrected chi connectivity index (χ1v) is 7.88. The predicted molar refractivity (Wildman–Crippen MR) is 98.0 cm³/mol. The van der Waals surface area contributed by atoms with E-state index >= 15 is 0 Å². The molecular formula is C19H21N3O3. The number of nitrogens with one attached hydrogen (secondary N) is 2. The lowest BCUT2D eigenvalue weighted by Gasteiger charge is -2.08. The van der Waals surface area contributed by atoms with Gasteiger partial charge in [-0.05, 0) is 42.0 Å². The molecule has 0 radical (unpaired) electrons. The van der Waals surface area contributed by atoms with E-state index in [0.29, 0.717) is 17.0 Å². The lowest BCUT2D eigenvalue weighted by molar-refractivity contribution is -0.118. The number of hydrazone groups is 1. The van der Waals surface area contributed by atoms with Gasteiger partial charge in [0, 0.05) is 17.2 Å². The highest BCUT2D eigenvalue weighted by atomic mass is 16.5. The maximum absolute atomic E-state index is 12.1. The van der Waals surface area contributed by atoms with Crippen molar-refractivity contribution in [3.8, 4) is 5.75 Å². The SMILES string of the molecule is COc1cccc(C=NNC(=O)c2ccc(NC(=O)C(C)C)cc2)c1. The molecule has 0 fully saturated rings. The summed E-state index contributed by atoms with van der Waals surface area (Å²) in [5.41, 5.74) is 4.37. The van der Waals surface area contributed by atoms with Crippen molar-refractivity contribution in [1.82, 2.24) is 5.43 Å². The standard InChI is InChI=1S/C19H21N3O3/c1-13(2)18(23)21-16-9-7-15(8-10-16)19(24)22-20-12-14-5-4-6-17(11-14)25-3/h4-13H,1-3H3,(H,21,23)(H,22,24). The Kier molecular flexibility index (Phi) is 6.28. The minimum absolute atomic E-state index is 0.0694. The molecule has 2 aromatic carbocycles. The fraction of sp³-hybridized carbons (Fsp3) is 0.211. The molecule has 0 atom stereocenters. The van der Waals surface area contributed by atoms with Gasteiger partial charge in [0.2, 0.25) is 5.91 Å². The highest BCUT2D eigenvalue weighted by molar-refractivity contribution is 5.96. The van der Waals surface area contributed by atoms with Gasteiger partial charge in [0.25, 0.3) is 5.91 Å². The molecule has 0 spiro atoms. The van der Waals surface area contributed by atoms with Crippen LogP contribution in [0.2, 0.25) is 0 Å². The first-order valence-electron chi connectivity index (χ1n) is 7.88. The minimum Gasteiger partial charge on any atom is -0.497 e. The molecule has 0 saturated heterocycles. The van der Waals surface area contributed by atoms with Gasteiger partial charge in [0.15, 0.2) is 0 Å². The summed E-state index contributed by atoms with van der Waals surface area (Å²) in [6, 6.07) is 14.0. The number of hydrogen-bond acceptors (Lipinski definition) is 4. The number of carbonyl (C=O) groups excluding carboxylic acids is 2. The Balaban J connectivity index is 1.94. The fourth-order valence-electron chi connectivity index (χ4n) is 1.94. The van der Waals surface area contributed by atoms with Crippen LogP contribution in [0.4, 0.5) is 5.69 Å². The Bertz CT molecular complexity index is 768. The van der Waals surface area contributed by atoms with E-state index in [1.807, 2.05) is 38.1 Å². The maximum atomic E-state index is 12.1. The van der Waals surface area contributed by atoms with Crippen LogP contribution in [0.1, 0.15) is 29.8 Å². The van der Waals surface area contributed by atoms with Crippen molar-refractivity contribution in [3.63, 3.8) is 0 Å². The number of carbonyl (C=O) groups is 2. The number of hydrogen-bond donors (Lipinski definition) is 2. The van der Waals surface area contributed by atoms with Crippen molar-refractivity contribution >= 4 is 23.7 Å². The Morgan fingerprint density at radius 1 is 1.12 bits per heavy atom. The molecule has 2 amide bonds. The van der Waals surface area contributed by atoms with Crippen LogP contribution in [0.3, 0.4) is 0 Å². The van der Waals surface area contributed by atoms with Gasteiger partial charge in [-0.15, -0.1) is 0 Å². The Labute approximate surface area is 146 Å². The lowest BCUT2D eigenvalue weighted by Crippen LogP contribution is -2.19. The number of benzene rings is 2. The summed E-state index contributed by atoms with van der Waals surface area (Å²) in [5.74, 6) is 0.212. The monoisotopic (exact) mass is 339 g/mol. The number of nitrogens with zero attached hydrogens (tertiary/aromatic N) is 1. The van der Waals surface area contributed by atoms with Gasteiger partial charge in [-0.1, -0.05) is 26.0 Å². The fourth-order valence-corrected chi connectivity index (χ4v) is 1.94. The van der Waals surface area contributed by atoms with Crippen LogP contribution in [0.15, 0.2) is 53.6 Å². The maximum Gasteiger partial charge on any atom is 0.271 e. The van der Waals surface area contributed by atoms with E-state index < -0.39 is 0 Å². The van der Waals surface area contributed by atoms with Crippen LogP contribution in [-0.4, -0.2) is 25.1 Å². The van der Waals surface area contributed by atoms with E-state index in [1.54, 1.807) is 31.4 Å². The van der Waals surface area contributed by atoms with Gasteiger partial charge in [-0.3, -0.25) is 9.59 Å². The number of methoxy groups -OCH3 is 1. The Morgan fingerprint density at radius 2 is 1.84 bits per heavy atom. The Morgan fingerprint density at radius 3 is 2.48 bits per heavy atom. The van der Waals surface area contributed by atoms with Gasteiger partial charge < -0.3 is 10.1 Å². The molecule has 0 aliphatic heterocycles. The zero-order valence-electron chi connectivity index (χ0n) is 14.4. The molecule has 25 heavy (non-hydrogen) atoms. The van der Waals surface area contributed by atoms with Crippen LogP contribution in [-0.2, 0) is 4.79 Å². The molecule has 0 aliphatic rings. The summed E-state index contributed by atoms with van der Waals surface area (Å²) in [6.45, 7) is 3.63. The molecule has 0 aliphatic carbocycles. The smallest absolute Gasteiger partial charge is 0.271 e. The van der Waals surface area contributed by atoms with Crippen molar-refractivity contribution < 1.29 is 14.3 Å². The third-order valence-corrected chi connectivity index (χ3v) is 3.41. The molecule has 0 saturated carbocycles. The summed E-state index contributed by atoms with van der Waals surface area (Å²) in [6.07, 6.45) is 1.54. The first kappa shape index (κ1) is 18.2. The summed E-state index contributed by atoms with van der Waals surface area (Å²) in [7, 11) is 1.59. The number of amides is 2. The average molecular weight is 339 g/mol. The topological polar surface area (TPSA) is 79.8 Å². The molecule has 2 N–H and O–H groups in total. The number of ether oxygens (including phenoxy) is 1. The summed E-state index contributed by atoms with van der Waals surface area (Å²) < 4.78 is 5.13. The van der Waals surface area contributed by atoms with Gasteiger partial charge in [-0.25, -0.2) is 5.43 Å². The molecule has 6 nitrogen and oxygen atoms in total. The van der Waals surface area contributed by atoms with E-state index in [0.717, 1.165) is 5.56 Å². The second-order valence-electron chi connectivity index (χ2n) is 5.70. The van der Waals surface area contributed by atoms with E-state index in [1.165, 1.54) is 6.21 Å². The quantitative estimate of drug-likeness (QED) is 0.627. The highest BCUT2D eigenvalue weighted by Gasteiger charge is 2.08. The molecule has 0 bridgehead atoms. The van der Waals surface area contributed by atoms with Gasteiger partial charge in [-0.2, -0.15) is 5.10 Å². The van der Waals surface area contributed by atoms with E-state index in [9.17, 15) is 9.59 Å². The van der Waals surface area contributed by atoms with Crippen molar-refractivity contribution in [3.05, 3.63) is 59.7 Å². The number of anilines is 1. The molecule has 130 valence electrons. The lowest BCUT2D eigenvalue weighted by atomic mass is 10.1. The Hall–Kier alpha value is -3.15. The van der Waals surface area contributed by atoms with Gasteiger partial charge >= 0.3 is 0 Å². The second-order valence-corrected chi connectivity index (χ2v) is 5.70. The molecule has 0 heterocycles. The molecule has 0 aromatic heterocycles. The van der Waals surface area contributed by atoms with Crippen LogP contribution in [0.5, 0.6) is 5.75 Å². The van der Waals surface area contributed by atoms with Crippen LogP contribution < -0.4 is 15.5 Å². The largest absolute Gasteiger partial charge is 0.497 e. The van der Waals surface area contributed by atoms with Crippen LogP contribution in [0, 0.1) is 5.92 Å². The summed E-state index contributed by atoms with van der Waals surface area (Å²) in [5, 5.41) is 6.71. The van der Waals surface area contributed by atoms with Crippen molar-refractivity contribution in [2.24, 2.45) is 11.0 Å². The molecular weight excluding hydrogens is 318 g/mol. The first-order chi connectivity index (χ1) is 12.0. The van der Waals surface area contributed by atoms with E-state index in [-0.39, 0.29) is 17.7 Å². The second kappa shape index (κ2) is 8.63. The normalized spacial score (nSPS) is 10.7. The summed E-state index contributed by atoms with van der Waals surface area (Å²) in [4.78, 5) is 23.7. The predicted octanol–water partition coefficient (Wildman–Crippen LogP) is 3.05.